The third-order valence-electron chi connectivity index (χ3n) is 9.56. The van der Waals surface area contributed by atoms with Crippen molar-refractivity contribution >= 4 is 54.6 Å². The Balaban J connectivity index is 1.23. The van der Waals surface area contributed by atoms with E-state index in [0.29, 0.717) is 17.5 Å². The van der Waals surface area contributed by atoms with E-state index in [1.165, 1.54) is 27.6 Å². The van der Waals surface area contributed by atoms with Gasteiger partial charge in [0.1, 0.15) is 16.7 Å². The van der Waals surface area contributed by atoms with Gasteiger partial charge in [0.15, 0.2) is 23.1 Å². The Hall–Kier alpha value is -6.66. The number of rotatable bonds is 3. The second kappa shape index (κ2) is 9.44. The first-order chi connectivity index (χ1) is 23.8. The van der Waals surface area contributed by atoms with E-state index >= 15 is 0 Å². The van der Waals surface area contributed by atoms with Crippen LogP contribution in [0, 0.1) is 0 Å². The summed E-state index contributed by atoms with van der Waals surface area (Å²) in [5, 5.41) is 6.31. The Morgan fingerprint density at radius 2 is 0.979 bits per heavy atom. The van der Waals surface area contributed by atoms with E-state index in [0.717, 1.165) is 66.0 Å². The van der Waals surface area contributed by atoms with Crippen LogP contribution in [0.2, 0.25) is 0 Å². The topological polar surface area (TPSA) is 77.8 Å². The van der Waals surface area contributed by atoms with E-state index in [1.807, 2.05) is 48.5 Å². The highest BCUT2D eigenvalue weighted by Crippen LogP contribution is 2.48. The maximum atomic E-state index is 6.27. The lowest BCUT2D eigenvalue weighted by atomic mass is 9.99. The Morgan fingerprint density at radius 3 is 1.77 bits per heavy atom. The zero-order valence-electron chi connectivity index (χ0n) is 25.3. The van der Waals surface area contributed by atoms with Crippen molar-refractivity contribution in [2.75, 3.05) is 0 Å². The fourth-order valence-corrected chi connectivity index (χ4v) is 7.52. The van der Waals surface area contributed by atoms with Crippen molar-refractivity contribution in [1.82, 2.24) is 19.9 Å². The summed E-state index contributed by atoms with van der Waals surface area (Å²) in [5.74, 6) is 1.74. The van der Waals surface area contributed by atoms with E-state index in [1.54, 1.807) is 12.4 Å². The molecule has 0 fully saturated rings. The fourth-order valence-electron chi connectivity index (χ4n) is 7.52. The Morgan fingerprint density at radius 1 is 0.396 bits per heavy atom. The average molecular weight is 615 g/mol. The Kier molecular flexibility index (Phi) is 5.02. The van der Waals surface area contributed by atoms with E-state index < -0.39 is 0 Å². The van der Waals surface area contributed by atoms with Crippen molar-refractivity contribution in [2.45, 2.75) is 0 Å². The maximum absolute atomic E-state index is 6.27. The normalized spacial score (nSPS) is 12.2. The van der Waals surface area contributed by atoms with Crippen LogP contribution in [0.4, 0.5) is 0 Å². The molecule has 48 heavy (non-hydrogen) atoms. The van der Waals surface area contributed by atoms with Gasteiger partial charge in [-0.1, -0.05) is 84.9 Å². The minimum atomic E-state index is 0.565. The Bertz CT molecular complexity index is 2840. The molecule has 6 aromatic carbocycles. The van der Waals surface area contributed by atoms with Crippen molar-refractivity contribution < 1.29 is 8.83 Å². The molecule has 11 rings (SSSR count). The summed E-state index contributed by atoms with van der Waals surface area (Å²) in [4.78, 5) is 19.9. The molecule has 0 saturated heterocycles. The molecule has 0 unspecified atom stereocenters. The van der Waals surface area contributed by atoms with E-state index in [4.69, 9.17) is 23.8 Å². The van der Waals surface area contributed by atoms with Crippen molar-refractivity contribution in [3.8, 4) is 56.4 Å². The summed E-state index contributed by atoms with van der Waals surface area (Å²) >= 11 is 0. The van der Waals surface area contributed by atoms with Crippen molar-refractivity contribution in [2.24, 2.45) is 0 Å². The molecule has 0 aliphatic heterocycles. The van der Waals surface area contributed by atoms with Crippen LogP contribution in [0.3, 0.4) is 0 Å². The smallest absolute Gasteiger partial charge is 0.164 e. The van der Waals surface area contributed by atoms with Crippen molar-refractivity contribution in [3.63, 3.8) is 0 Å². The van der Waals surface area contributed by atoms with E-state index in [2.05, 4.69) is 77.8 Å². The highest BCUT2D eigenvalue weighted by molar-refractivity contribution is 6.17. The van der Waals surface area contributed by atoms with Crippen LogP contribution in [0.5, 0.6) is 0 Å². The molecule has 6 heteroatoms. The van der Waals surface area contributed by atoms with Gasteiger partial charge in [0.2, 0.25) is 0 Å². The summed E-state index contributed by atoms with van der Waals surface area (Å²) in [5.41, 5.74) is 10.7. The summed E-state index contributed by atoms with van der Waals surface area (Å²) in [6.45, 7) is 0. The molecule has 1 aliphatic carbocycles. The predicted octanol–water partition coefficient (Wildman–Crippen LogP) is 10.9. The summed E-state index contributed by atoms with van der Waals surface area (Å²) in [6, 6.07) is 41.7. The first-order valence-corrected chi connectivity index (χ1v) is 15.9. The number of aromatic nitrogens is 4. The van der Waals surface area contributed by atoms with Gasteiger partial charge in [0.25, 0.3) is 0 Å². The average Bonchev–Trinajstić information content (AvgIpc) is 3.82. The van der Waals surface area contributed by atoms with Crippen molar-refractivity contribution in [3.05, 3.63) is 134 Å². The lowest BCUT2D eigenvalue weighted by molar-refractivity contribution is 0.667. The standard InChI is InChI=1S/C42H22N4O2/c1-2-10-26-25(9-1)27-12-5-8-23-20-24(21-32(26)37(23)27)40-44-41(30-13-6-16-34-38(30)28-11-3-4-15-33(28)47-34)46-42(45-40)31-14-7-17-35-39(31)29-18-19-43-22-36(29)48-35/h1-22H. The second-order valence-corrected chi connectivity index (χ2v) is 12.2. The van der Waals surface area contributed by atoms with E-state index in [9.17, 15) is 0 Å². The molecule has 6 nitrogen and oxygen atoms in total. The van der Waals surface area contributed by atoms with E-state index in [-0.39, 0.29) is 0 Å². The number of para-hydroxylation sites is 1. The summed E-state index contributed by atoms with van der Waals surface area (Å²) in [6.07, 6.45) is 3.53. The molecule has 0 saturated carbocycles. The number of furan rings is 2. The molecule has 0 N–H and O–H groups in total. The zero-order valence-corrected chi connectivity index (χ0v) is 25.3. The van der Waals surface area contributed by atoms with Gasteiger partial charge in [-0.25, -0.2) is 15.0 Å². The zero-order chi connectivity index (χ0) is 31.3. The third kappa shape index (κ3) is 3.51. The number of hydrogen-bond donors (Lipinski definition) is 0. The molecule has 4 heterocycles. The maximum Gasteiger partial charge on any atom is 0.164 e. The minimum Gasteiger partial charge on any atom is -0.456 e. The van der Waals surface area contributed by atoms with Gasteiger partial charge in [-0.15, -0.1) is 0 Å². The number of pyridine rings is 1. The van der Waals surface area contributed by atoms with Crippen LogP contribution in [0.1, 0.15) is 0 Å². The van der Waals surface area contributed by atoms with Gasteiger partial charge < -0.3 is 8.83 Å². The lowest BCUT2D eigenvalue weighted by Crippen LogP contribution is -2.01. The van der Waals surface area contributed by atoms with Crippen LogP contribution in [-0.4, -0.2) is 19.9 Å². The van der Waals surface area contributed by atoms with Crippen LogP contribution in [0.15, 0.2) is 143 Å². The summed E-state index contributed by atoms with van der Waals surface area (Å²) < 4.78 is 12.5. The highest BCUT2D eigenvalue weighted by Gasteiger charge is 2.24. The largest absolute Gasteiger partial charge is 0.456 e. The second-order valence-electron chi connectivity index (χ2n) is 12.2. The van der Waals surface area contributed by atoms with Gasteiger partial charge in [-0.3, -0.25) is 4.98 Å². The van der Waals surface area contributed by atoms with Crippen LogP contribution in [-0.2, 0) is 0 Å². The van der Waals surface area contributed by atoms with Gasteiger partial charge in [0, 0.05) is 44.4 Å². The Labute approximate surface area is 273 Å². The quantitative estimate of drug-likeness (QED) is 0.197. The molecule has 0 spiro atoms. The molecule has 10 aromatic rings. The molecule has 0 radical (unpaired) electrons. The molecular formula is C42H22N4O2. The predicted molar refractivity (Wildman–Crippen MR) is 190 cm³/mol. The highest BCUT2D eigenvalue weighted by atomic mass is 16.3. The first kappa shape index (κ1) is 25.5. The van der Waals surface area contributed by atoms with Gasteiger partial charge in [0.05, 0.1) is 6.20 Å². The van der Waals surface area contributed by atoms with Crippen LogP contribution < -0.4 is 0 Å². The van der Waals surface area contributed by atoms with Gasteiger partial charge in [-0.05, 0) is 69.4 Å². The number of hydrogen-bond acceptors (Lipinski definition) is 6. The monoisotopic (exact) mass is 614 g/mol. The number of fused-ring (bicyclic) bond motifs is 9. The minimum absolute atomic E-state index is 0.565. The molecule has 1 aliphatic rings. The van der Waals surface area contributed by atoms with Crippen LogP contribution >= 0.6 is 0 Å². The number of nitrogens with zero attached hydrogens (tertiary/aromatic N) is 4. The van der Waals surface area contributed by atoms with Crippen molar-refractivity contribution in [1.29, 1.82) is 0 Å². The fraction of sp³-hybridized carbons (Fsp3) is 0. The molecule has 0 bridgehead atoms. The first-order valence-electron chi connectivity index (χ1n) is 15.9. The van der Waals surface area contributed by atoms with Gasteiger partial charge >= 0.3 is 0 Å². The lowest BCUT2D eigenvalue weighted by Gasteiger charge is -2.11. The SMILES string of the molecule is c1ccc2c(c1)-c1cccc3cc(-c4nc(-c5cccc6oc7ccccc7c56)nc(-c5cccc6oc7cnccc7c56)n4)cc-2c13. The molecular weight excluding hydrogens is 592 g/mol. The molecule has 0 atom stereocenters. The molecule has 0 amide bonds. The molecule has 4 aromatic heterocycles. The van der Waals surface area contributed by atoms with Crippen LogP contribution in [0.25, 0.3) is 111 Å². The number of benzene rings is 6. The summed E-state index contributed by atoms with van der Waals surface area (Å²) in [7, 11) is 0. The third-order valence-corrected chi connectivity index (χ3v) is 9.56. The molecule has 222 valence electrons. The van der Waals surface area contributed by atoms with Gasteiger partial charge in [-0.2, -0.15) is 0 Å².